The third kappa shape index (κ3) is 6.89. The highest BCUT2D eigenvalue weighted by molar-refractivity contribution is 6.42. The number of para-hydroxylation sites is 1. The maximum absolute atomic E-state index is 13.7. The summed E-state index contributed by atoms with van der Waals surface area (Å²) in [6.07, 6.45) is 2.75. The van der Waals surface area contributed by atoms with Crippen LogP contribution >= 0.6 is 23.2 Å². The molecule has 0 aliphatic carbocycles. The molecule has 3 aromatic rings. The smallest absolute Gasteiger partial charge is 0.258 e. The average molecular weight is 572 g/mol. The van der Waals surface area contributed by atoms with E-state index < -0.39 is 6.04 Å². The number of amides is 2. The fourth-order valence-corrected chi connectivity index (χ4v) is 4.90. The van der Waals surface area contributed by atoms with Crippen molar-refractivity contribution < 1.29 is 19.4 Å². The van der Waals surface area contributed by atoms with Gasteiger partial charge in [-0.25, -0.2) is 0 Å². The van der Waals surface area contributed by atoms with Crippen LogP contribution in [0.2, 0.25) is 10.0 Å². The Labute approximate surface area is 238 Å². The monoisotopic (exact) mass is 570 g/mol. The van der Waals surface area contributed by atoms with E-state index in [0.717, 1.165) is 5.56 Å². The van der Waals surface area contributed by atoms with Gasteiger partial charge in [0.05, 0.1) is 33.9 Å². The molecule has 0 unspecified atom stereocenters. The van der Waals surface area contributed by atoms with Gasteiger partial charge in [-0.15, -0.1) is 0 Å². The predicted molar refractivity (Wildman–Crippen MR) is 153 cm³/mol. The number of carbonyl (C=O) groups is 2. The first-order valence-electron chi connectivity index (χ1n) is 12.7. The van der Waals surface area contributed by atoms with Gasteiger partial charge in [0.25, 0.3) is 11.8 Å². The summed E-state index contributed by atoms with van der Waals surface area (Å²) in [5.41, 5.74) is 2.15. The predicted octanol–water partition coefficient (Wildman–Crippen LogP) is 4.99. The van der Waals surface area contributed by atoms with Crippen LogP contribution in [0.5, 0.6) is 5.75 Å². The van der Waals surface area contributed by atoms with Crippen LogP contribution in [0.1, 0.15) is 40.1 Å². The van der Waals surface area contributed by atoms with E-state index in [0.29, 0.717) is 52.2 Å². The van der Waals surface area contributed by atoms with Crippen molar-refractivity contribution in [3.8, 4) is 5.75 Å². The van der Waals surface area contributed by atoms with Gasteiger partial charge in [-0.05, 0) is 55.9 Å². The summed E-state index contributed by atoms with van der Waals surface area (Å²) in [4.78, 5) is 34.4. The molecular formula is C29H32Cl2N4O4. The lowest BCUT2D eigenvalue weighted by Crippen LogP contribution is -2.49. The molecule has 0 saturated heterocycles. The molecule has 39 heavy (non-hydrogen) atoms. The number of halogens is 2. The summed E-state index contributed by atoms with van der Waals surface area (Å²) >= 11 is 12.3. The Bertz CT molecular complexity index is 1320. The lowest BCUT2D eigenvalue weighted by Gasteiger charge is -2.38. The number of hydrogen-bond acceptors (Lipinski definition) is 6. The molecule has 0 fully saturated rings. The lowest BCUT2D eigenvalue weighted by atomic mass is 9.98. The maximum atomic E-state index is 13.7. The van der Waals surface area contributed by atoms with Gasteiger partial charge in [0.15, 0.2) is 5.75 Å². The second kappa shape index (κ2) is 12.8. The molecule has 10 heteroatoms. The largest absolute Gasteiger partial charge is 0.486 e. The van der Waals surface area contributed by atoms with Crippen LogP contribution in [0.15, 0.2) is 60.9 Å². The Morgan fingerprint density at radius 1 is 1.21 bits per heavy atom. The van der Waals surface area contributed by atoms with E-state index in [9.17, 15) is 14.7 Å². The Morgan fingerprint density at radius 2 is 1.95 bits per heavy atom. The molecule has 2 amide bonds. The van der Waals surface area contributed by atoms with Crippen LogP contribution in [-0.2, 0) is 6.54 Å². The third-order valence-corrected chi connectivity index (χ3v) is 7.55. The van der Waals surface area contributed by atoms with Crippen LogP contribution in [0.4, 0.5) is 5.69 Å². The zero-order valence-corrected chi connectivity index (χ0v) is 23.6. The van der Waals surface area contributed by atoms with E-state index in [-0.39, 0.29) is 30.4 Å². The van der Waals surface area contributed by atoms with Gasteiger partial charge in [-0.2, -0.15) is 0 Å². The zero-order valence-electron chi connectivity index (χ0n) is 22.1. The molecule has 0 bridgehead atoms. The van der Waals surface area contributed by atoms with Gasteiger partial charge >= 0.3 is 0 Å². The Balaban J connectivity index is 1.66. The number of nitrogens with one attached hydrogen (secondary N) is 1. The number of nitrogens with zero attached hydrogens (tertiary/aromatic N) is 3. The minimum Gasteiger partial charge on any atom is -0.486 e. The van der Waals surface area contributed by atoms with Crippen molar-refractivity contribution in [2.45, 2.75) is 32.5 Å². The number of aliphatic hydroxyl groups is 1. The maximum Gasteiger partial charge on any atom is 0.258 e. The Kier molecular flexibility index (Phi) is 9.45. The van der Waals surface area contributed by atoms with Gasteiger partial charge in [-0.3, -0.25) is 19.5 Å². The summed E-state index contributed by atoms with van der Waals surface area (Å²) < 4.78 is 6.57. The molecule has 2 aromatic carbocycles. The van der Waals surface area contributed by atoms with E-state index in [1.165, 1.54) is 0 Å². The molecule has 0 spiro atoms. The first-order valence-corrected chi connectivity index (χ1v) is 13.5. The van der Waals surface area contributed by atoms with E-state index >= 15 is 0 Å². The number of anilines is 1. The highest BCUT2D eigenvalue weighted by Crippen LogP contribution is 2.35. The molecule has 206 valence electrons. The molecule has 2 heterocycles. The minimum atomic E-state index is -0.393. The summed E-state index contributed by atoms with van der Waals surface area (Å²) in [6, 6.07) is 13.5. The van der Waals surface area contributed by atoms with Crippen molar-refractivity contribution >= 4 is 40.7 Å². The number of aromatic nitrogens is 1. The SMILES string of the molecule is C[C@H](CO)N1C[C@H](C)[C@H](CN(C)Cc2ccc(Cl)c(Cl)c2)Oc2c(NC(=O)c3ccncc3)cccc2C1=O. The average Bonchev–Trinajstić information content (AvgIpc) is 2.93. The number of rotatable bonds is 8. The van der Waals surface area contributed by atoms with Gasteiger partial charge in [0.1, 0.15) is 6.10 Å². The standard InChI is InChI=1S/C29H32Cl2N4O4/c1-18-14-35(19(2)17-36)29(38)22-5-4-6-25(33-28(37)21-9-11-32-12-10-21)27(22)39-26(18)16-34(3)15-20-7-8-23(30)24(31)13-20/h4-13,18-19,26,36H,14-17H2,1-3H3,(H,33,37)/t18-,19+,26-/m0/s1. The lowest BCUT2D eigenvalue weighted by molar-refractivity contribution is 0.0343. The number of aliphatic hydroxyl groups excluding tert-OH is 1. The van der Waals surface area contributed by atoms with Crippen molar-refractivity contribution in [2.75, 3.05) is 32.1 Å². The van der Waals surface area contributed by atoms with Crippen molar-refractivity contribution in [3.63, 3.8) is 0 Å². The van der Waals surface area contributed by atoms with E-state index in [1.807, 2.05) is 33.0 Å². The summed E-state index contributed by atoms with van der Waals surface area (Å²) in [5, 5.41) is 13.8. The molecule has 2 N–H and O–H groups in total. The molecule has 1 aromatic heterocycles. The molecule has 0 saturated carbocycles. The first-order chi connectivity index (χ1) is 18.7. The van der Waals surface area contributed by atoms with E-state index in [2.05, 4.69) is 15.2 Å². The highest BCUT2D eigenvalue weighted by Gasteiger charge is 2.34. The van der Waals surface area contributed by atoms with Crippen molar-refractivity contribution in [3.05, 3.63) is 87.7 Å². The van der Waals surface area contributed by atoms with Gasteiger partial charge < -0.3 is 20.1 Å². The summed E-state index contributed by atoms with van der Waals surface area (Å²) in [7, 11) is 1.98. The van der Waals surface area contributed by atoms with Crippen molar-refractivity contribution in [2.24, 2.45) is 5.92 Å². The van der Waals surface area contributed by atoms with E-state index in [4.69, 9.17) is 27.9 Å². The molecule has 3 atom stereocenters. The van der Waals surface area contributed by atoms with Gasteiger partial charge in [0, 0.05) is 43.5 Å². The summed E-state index contributed by atoms with van der Waals surface area (Å²) in [6.45, 7) is 5.20. The number of fused-ring (bicyclic) bond motifs is 1. The fraction of sp³-hybridized carbons (Fsp3) is 0.345. The zero-order chi connectivity index (χ0) is 28.1. The highest BCUT2D eigenvalue weighted by atomic mass is 35.5. The topological polar surface area (TPSA) is 95.0 Å². The molecule has 1 aliphatic heterocycles. The van der Waals surface area contributed by atoms with Crippen LogP contribution in [0.25, 0.3) is 0 Å². The molecule has 0 radical (unpaired) electrons. The Hall–Kier alpha value is -3.17. The third-order valence-electron chi connectivity index (χ3n) is 6.81. The first kappa shape index (κ1) is 28.8. The van der Waals surface area contributed by atoms with Crippen molar-refractivity contribution in [1.29, 1.82) is 0 Å². The number of ether oxygens (including phenoxy) is 1. The van der Waals surface area contributed by atoms with Crippen LogP contribution < -0.4 is 10.1 Å². The second-order valence-corrected chi connectivity index (χ2v) is 10.8. The molecular weight excluding hydrogens is 539 g/mol. The molecule has 8 nitrogen and oxygen atoms in total. The summed E-state index contributed by atoms with van der Waals surface area (Å²) in [5.74, 6) is -0.386. The van der Waals surface area contributed by atoms with Gasteiger partial charge in [0.2, 0.25) is 0 Å². The fourth-order valence-electron chi connectivity index (χ4n) is 4.58. The number of benzene rings is 2. The second-order valence-electron chi connectivity index (χ2n) is 9.94. The van der Waals surface area contributed by atoms with Crippen LogP contribution in [0.3, 0.4) is 0 Å². The molecule has 1 aliphatic rings. The minimum absolute atomic E-state index is 0.0867. The number of hydrogen-bond donors (Lipinski definition) is 2. The van der Waals surface area contributed by atoms with Gasteiger partial charge in [-0.1, -0.05) is 42.3 Å². The Morgan fingerprint density at radius 3 is 2.64 bits per heavy atom. The van der Waals surface area contributed by atoms with E-state index in [1.54, 1.807) is 53.7 Å². The quantitative estimate of drug-likeness (QED) is 0.396. The molecule has 4 rings (SSSR count). The van der Waals surface area contributed by atoms with Crippen LogP contribution in [0, 0.1) is 5.92 Å². The number of carbonyl (C=O) groups excluding carboxylic acids is 2. The number of likely N-dealkylation sites (N-methyl/N-ethyl adjacent to an activating group) is 1. The normalized spacial score (nSPS) is 18.1. The van der Waals surface area contributed by atoms with Crippen molar-refractivity contribution in [1.82, 2.24) is 14.8 Å². The van der Waals surface area contributed by atoms with Crippen LogP contribution in [-0.4, -0.2) is 70.6 Å². The number of pyridine rings is 1.